The van der Waals surface area contributed by atoms with Gasteiger partial charge in [-0.15, -0.1) is 0 Å². The predicted octanol–water partition coefficient (Wildman–Crippen LogP) is 2.74. The molecule has 0 atom stereocenters. The molecule has 2 N–H and O–H groups in total. The molecule has 0 spiro atoms. The van der Waals surface area contributed by atoms with Gasteiger partial charge in [0.05, 0.1) is 24.6 Å². The number of hydrogen-bond donors (Lipinski definition) is 2. The molecule has 25 heavy (non-hydrogen) atoms. The summed E-state index contributed by atoms with van der Waals surface area (Å²) in [4.78, 5) is 19.1. The molecule has 2 heterocycles. The Bertz CT molecular complexity index is 755. The summed E-state index contributed by atoms with van der Waals surface area (Å²) in [5.41, 5.74) is 3.19. The number of carbonyl (C=O) groups is 1. The molecule has 130 valence electrons. The lowest BCUT2D eigenvalue weighted by molar-refractivity contribution is 0.102. The van der Waals surface area contributed by atoms with E-state index >= 15 is 0 Å². The minimum Gasteiger partial charge on any atom is -0.382 e. The average molecular weight is 338 g/mol. The quantitative estimate of drug-likeness (QED) is 0.877. The molecule has 1 saturated heterocycles. The highest BCUT2D eigenvalue weighted by Gasteiger charge is 2.21. The second kappa shape index (κ2) is 7.11. The standard InChI is InChI=1S/C19H22N4O2/c24-19(17-13-15(7-8-20-17)21-14-5-6-14)22-16-3-1-2-4-18(16)23-9-11-25-12-10-23/h1-4,7-8,13-14H,5-6,9-12H2,(H,20,21)(H,22,24). The van der Waals surface area contributed by atoms with Gasteiger partial charge < -0.3 is 20.3 Å². The first-order chi connectivity index (χ1) is 12.3. The summed E-state index contributed by atoms with van der Waals surface area (Å²) >= 11 is 0. The second-order valence-corrected chi connectivity index (χ2v) is 6.42. The number of aromatic nitrogens is 1. The largest absolute Gasteiger partial charge is 0.382 e. The number of rotatable bonds is 5. The third-order valence-corrected chi connectivity index (χ3v) is 4.44. The molecule has 1 aromatic carbocycles. The van der Waals surface area contributed by atoms with Crippen molar-refractivity contribution < 1.29 is 9.53 Å². The molecule has 2 aliphatic rings. The van der Waals surface area contributed by atoms with Crippen molar-refractivity contribution in [3.8, 4) is 0 Å². The zero-order valence-corrected chi connectivity index (χ0v) is 14.1. The van der Waals surface area contributed by atoms with Crippen LogP contribution in [0, 0.1) is 0 Å². The van der Waals surface area contributed by atoms with E-state index in [1.165, 1.54) is 12.8 Å². The topological polar surface area (TPSA) is 66.5 Å². The number of ether oxygens (including phenoxy) is 1. The Labute approximate surface area is 147 Å². The number of morpholine rings is 1. The SMILES string of the molecule is O=C(Nc1ccccc1N1CCOCC1)c1cc(NC2CC2)ccn1. The Kier molecular flexibility index (Phi) is 4.52. The summed E-state index contributed by atoms with van der Waals surface area (Å²) < 4.78 is 5.42. The molecule has 1 aliphatic heterocycles. The van der Waals surface area contributed by atoms with Gasteiger partial charge in [0.1, 0.15) is 5.69 Å². The summed E-state index contributed by atoms with van der Waals surface area (Å²) in [6, 6.07) is 12.1. The minimum atomic E-state index is -0.194. The monoisotopic (exact) mass is 338 g/mol. The van der Waals surface area contributed by atoms with Gasteiger partial charge in [-0.2, -0.15) is 0 Å². The lowest BCUT2D eigenvalue weighted by Gasteiger charge is -2.30. The number of nitrogens with zero attached hydrogens (tertiary/aromatic N) is 2. The molecular weight excluding hydrogens is 316 g/mol. The van der Waals surface area contributed by atoms with Gasteiger partial charge in [0.15, 0.2) is 0 Å². The Hall–Kier alpha value is -2.60. The Morgan fingerprint density at radius 2 is 1.96 bits per heavy atom. The first-order valence-electron chi connectivity index (χ1n) is 8.75. The van der Waals surface area contributed by atoms with E-state index in [1.807, 2.05) is 36.4 Å². The van der Waals surface area contributed by atoms with Crippen molar-refractivity contribution in [2.75, 3.05) is 41.8 Å². The van der Waals surface area contributed by atoms with Crippen molar-refractivity contribution >= 4 is 23.0 Å². The van der Waals surface area contributed by atoms with Crippen molar-refractivity contribution in [1.82, 2.24) is 4.98 Å². The smallest absolute Gasteiger partial charge is 0.274 e. The fourth-order valence-electron chi connectivity index (χ4n) is 2.95. The van der Waals surface area contributed by atoms with Crippen LogP contribution >= 0.6 is 0 Å². The van der Waals surface area contributed by atoms with Crippen molar-refractivity contribution in [1.29, 1.82) is 0 Å². The molecular formula is C19H22N4O2. The number of pyridine rings is 1. The molecule has 4 rings (SSSR count). The number of carbonyl (C=O) groups excluding carboxylic acids is 1. The summed E-state index contributed by atoms with van der Waals surface area (Å²) in [6.07, 6.45) is 4.06. The van der Waals surface area contributed by atoms with E-state index in [2.05, 4.69) is 20.5 Å². The van der Waals surface area contributed by atoms with Crippen LogP contribution in [-0.4, -0.2) is 43.2 Å². The number of anilines is 3. The second-order valence-electron chi connectivity index (χ2n) is 6.42. The average Bonchev–Trinajstić information content (AvgIpc) is 3.47. The van der Waals surface area contributed by atoms with E-state index in [-0.39, 0.29) is 5.91 Å². The van der Waals surface area contributed by atoms with Crippen LogP contribution in [0.15, 0.2) is 42.6 Å². The van der Waals surface area contributed by atoms with Crippen LogP contribution in [0.1, 0.15) is 23.3 Å². The van der Waals surface area contributed by atoms with E-state index in [0.29, 0.717) is 24.9 Å². The van der Waals surface area contributed by atoms with Crippen LogP contribution in [-0.2, 0) is 4.74 Å². The molecule has 1 amide bonds. The van der Waals surface area contributed by atoms with Crippen LogP contribution in [0.25, 0.3) is 0 Å². The van der Waals surface area contributed by atoms with Crippen LogP contribution in [0.5, 0.6) is 0 Å². The molecule has 1 aliphatic carbocycles. The van der Waals surface area contributed by atoms with Crippen molar-refractivity contribution in [2.45, 2.75) is 18.9 Å². The van der Waals surface area contributed by atoms with E-state index in [4.69, 9.17) is 4.74 Å². The zero-order chi connectivity index (χ0) is 17.1. The van der Waals surface area contributed by atoms with Crippen molar-refractivity contribution in [3.63, 3.8) is 0 Å². The lowest BCUT2D eigenvalue weighted by Crippen LogP contribution is -2.36. The van der Waals surface area contributed by atoms with Crippen LogP contribution in [0.4, 0.5) is 17.1 Å². The molecule has 0 radical (unpaired) electrons. The van der Waals surface area contributed by atoms with E-state index in [1.54, 1.807) is 6.20 Å². The Morgan fingerprint density at radius 1 is 1.16 bits per heavy atom. The summed E-state index contributed by atoms with van der Waals surface area (Å²) in [5, 5.41) is 6.40. The molecule has 0 bridgehead atoms. The minimum absolute atomic E-state index is 0.194. The molecule has 6 nitrogen and oxygen atoms in total. The van der Waals surface area contributed by atoms with Crippen LogP contribution < -0.4 is 15.5 Å². The maximum Gasteiger partial charge on any atom is 0.274 e. The highest BCUT2D eigenvalue weighted by molar-refractivity contribution is 6.05. The van der Waals surface area contributed by atoms with Gasteiger partial charge in [-0.1, -0.05) is 12.1 Å². The Morgan fingerprint density at radius 3 is 2.76 bits per heavy atom. The highest BCUT2D eigenvalue weighted by atomic mass is 16.5. The van der Waals surface area contributed by atoms with Crippen LogP contribution in [0.3, 0.4) is 0 Å². The molecule has 0 unspecified atom stereocenters. The molecule has 2 aromatic rings. The number of amides is 1. The van der Waals surface area contributed by atoms with Crippen molar-refractivity contribution in [3.05, 3.63) is 48.3 Å². The third kappa shape index (κ3) is 3.91. The maximum absolute atomic E-state index is 12.7. The summed E-state index contributed by atoms with van der Waals surface area (Å²) in [7, 11) is 0. The predicted molar refractivity (Wildman–Crippen MR) is 98.3 cm³/mol. The normalized spacial score (nSPS) is 17.2. The summed E-state index contributed by atoms with van der Waals surface area (Å²) in [6.45, 7) is 3.06. The van der Waals surface area contributed by atoms with Gasteiger partial charge in [0.2, 0.25) is 0 Å². The number of hydrogen-bond acceptors (Lipinski definition) is 5. The lowest BCUT2D eigenvalue weighted by atomic mass is 10.2. The van der Waals surface area contributed by atoms with Crippen LogP contribution in [0.2, 0.25) is 0 Å². The Balaban J connectivity index is 1.50. The zero-order valence-electron chi connectivity index (χ0n) is 14.1. The fourth-order valence-corrected chi connectivity index (χ4v) is 2.95. The molecule has 1 aromatic heterocycles. The third-order valence-electron chi connectivity index (χ3n) is 4.44. The highest BCUT2D eigenvalue weighted by Crippen LogP contribution is 2.27. The van der Waals surface area contributed by atoms with Gasteiger partial charge >= 0.3 is 0 Å². The number of para-hydroxylation sites is 2. The number of benzene rings is 1. The van der Waals surface area contributed by atoms with Gasteiger partial charge in [0, 0.05) is 31.0 Å². The van der Waals surface area contributed by atoms with E-state index in [9.17, 15) is 4.79 Å². The van der Waals surface area contributed by atoms with E-state index in [0.717, 1.165) is 30.2 Å². The summed E-state index contributed by atoms with van der Waals surface area (Å²) in [5.74, 6) is -0.194. The molecule has 6 heteroatoms. The molecule has 1 saturated carbocycles. The van der Waals surface area contributed by atoms with Gasteiger partial charge in [-0.25, -0.2) is 0 Å². The van der Waals surface area contributed by atoms with Gasteiger partial charge in [-0.05, 0) is 37.1 Å². The fraction of sp³-hybridized carbons (Fsp3) is 0.368. The first-order valence-corrected chi connectivity index (χ1v) is 8.75. The maximum atomic E-state index is 12.7. The van der Waals surface area contributed by atoms with Gasteiger partial charge in [0.25, 0.3) is 5.91 Å². The van der Waals surface area contributed by atoms with Crippen molar-refractivity contribution in [2.24, 2.45) is 0 Å². The van der Waals surface area contributed by atoms with E-state index < -0.39 is 0 Å². The first kappa shape index (κ1) is 15.9. The van der Waals surface area contributed by atoms with Gasteiger partial charge in [-0.3, -0.25) is 9.78 Å². The molecule has 2 fully saturated rings. The number of nitrogens with one attached hydrogen (secondary N) is 2.